The van der Waals surface area contributed by atoms with Crippen LogP contribution in [-0.4, -0.2) is 20.0 Å². The number of H-pyrrole nitrogens is 1. The number of nitrogens with one attached hydrogen (secondary N) is 2. The molecule has 4 rings (SSSR count). The van der Waals surface area contributed by atoms with Gasteiger partial charge in [0, 0.05) is 47.2 Å². The van der Waals surface area contributed by atoms with Crippen LogP contribution in [0.25, 0.3) is 22.0 Å². The van der Waals surface area contributed by atoms with Crippen molar-refractivity contribution in [3.05, 3.63) is 77.2 Å². The van der Waals surface area contributed by atoms with E-state index in [0.717, 1.165) is 22.2 Å². The van der Waals surface area contributed by atoms with Crippen molar-refractivity contribution in [3.63, 3.8) is 0 Å². The zero-order valence-corrected chi connectivity index (χ0v) is 13.5. The van der Waals surface area contributed by atoms with Crippen LogP contribution >= 0.6 is 0 Å². The van der Waals surface area contributed by atoms with Crippen LogP contribution in [0.15, 0.2) is 67.1 Å². The minimum Gasteiger partial charge on any atom is -0.508 e. The Labute approximate surface area is 148 Å². The topological polar surface area (TPSA) is 104 Å². The molecule has 26 heavy (non-hydrogen) atoms. The van der Waals surface area contributed by atoms with E-state index in [1.54, 1.807) is 36.8 Å². The number of nitro benzene ring substituents is 1. The molecular formula is C19H14N4O3. The second kappa shape index (κ2) is 6.21. The molecule has 2 aromatic carbocycles. The standard InChI is InChI=1S/C19H14N4O3/c24-16-7-12(6-14(8-16)22-13-2-1-5-20-10-13)18-11-21-19-9-15(23(25)26)3-4-17(18)19/h1-11,21-22,24H. The number of nitrogens with zero attached hydrogens (tertiary/aromatic N) is 2. The molecule has 7 heteroatoms. The molecule has 0 aliphatic heterocycles. The highest BCUT2D eigenvalue weighted by Crippen LogP contribution is 2.35. The SMILES string of the molecule is O=[N+]([O-])c1ccc2c(-c3cc(O)cc(Nc4cccnc4)c3)c[nH]c2c1. The van der Waals surface area contributed by atoms with Crippen LogP contribution in [0.5, 0.6) is 5.75 Å². The van der Waals surface area contributed by atoms with E-state index in [9.17, 15) is 15.2 Å². The maximum Gasteiger partial charge on any atom is 0.271 e. The number of hydrogen-bond donors (Lipinski definition) is 3. The normalized spacial score (nSPS) is 10.8. The summed E-state index contributed by atoms with van der Waals surface area (Å²) in [5.74, 6) is 0.116. The number of fused-ring (bicyclic) bond motifs is 1. The van der Waals surface area contributed by atoms with E-state index in [1.165, 1.54) is 12.1 Å². The number of aromatic hydroxyl groups is 1. The molecule has 0 fully saturated rings. The van der Waals surface area contributed by atoms with Crippen molar-refractivity contribution in [1.82, 2.24) is 9.97 Å². The Morgan fingerprint density at radius 3 is 2.77 bits per heavy atom. The fourth-order valence-corrected chi connectivity index (χ4v) is 2.91. The minimum atomic E-state index is -0.426. The van der Waals surface area contributed by atoms with Gasteiger partial charge < -0.3 is 15.4 Å². The van der Waals surface area contributed by atoms with Gasteiger partial charge in [0.25, 0.3) is 5.69 Å². The zero-order chi connectivity index (χ0) is 18.1. The molecule has 128 valence electrons. The third-order valence-electron chi connectivity index (χ3n) is 4.06. The van der Waals surface area contributed by atoms with Crippen LogP contribution in [-0.2, 0) is 0 Å². The average molecular weight is 346 g/mol. The van der Waals surface area contributed by atoms with E-state index in [0.29, 0.717) is 11.2 Å². The van der Waals surface area contributed by atoms with E-state index in [-0.39, 0.29) is 11.4 Å². The number of nitro groups is 1. The first-order valence-corrected chi connectivity index (χ1v) is 7.87. The molecular weight excluding hydrogens is 332 g/mol. The Kier molecular flexibility index (Phi) is 3.74. The van der Waals surface area contributed by atoms with Crippen molar-refractivity contribution in [3.8, 4) is 16.9 Å². The van der Waals surface area contributed by atoms with Gasteiger partial charge in [0.15, 0.2) is 0 Å². The van der Waals surface area contributed by atoms with E-state index >= 15 is 0 Å². The summed E-state index contributed by atoms with van der Waals surface area (Å²) < 4.78 is 0. The molecule has 0 amide bonds. The number of non-ortho nitro benzene ring substituents is 1. The molecule has 0 bridgehead atoms. The monoisotopic (exact) mass is 346 g/mol. The summed E-state index contributed by atoms with van der Waals surface area (Å²) in [6.07, 6.45) is 5.15. The van der Waals surface area contributed by atoms with Gasteiger partial charge in [-0.05, 0) is 35.9 Å². The number of aromatic nitrogens is 2. The van der Waals surface area contributed by atoms with Gasteiger partial charge in [0.05, 0.1) is 22.3 Å². The molecule has 3 N–H and O–H groups in total. The highest BCUT2D eigenvalue weighted by Gasteiger charge is 2.12. The second-order valence-electron chi connectivity index (χ2n) is 5.82. The minimum absolute atomic E-state index is 0.0285. The molecule has 0 saturated carbocycles. The van der Waals surface area contributed by atoms with Gasteiger partial charge in [-0.25, -0.2) is 0 Å². The molecule has 0 unspecified atom stereocenters. The van der Waals surface area contributed by atoms with Crippen LogP contribution in [0.3, 0.4) is 0 Å². The van der Waals surface area contributed by atoms with Gasteiger partial charge in [-0.2, -0.15) is 0 Å². The van der Waals surface area contributed by atoms with E-state index < -0.39 is 4.92 Å². The number of benzene rings is 2. The number of phenols is 1. The molecule has 2 aromatic heterocycles. The first-order chi connectivity index (χ1) is 12.6. The molecule has 7 nitrogen and oxygen atoms in total. The lowest BCUT2D eigenvalue weighted by atomic mass is 10.0. The van der Waals surface area contributed by atoms with Gasteiger partial charge in [0.1, 0.15) is 5.75 Å². The molecule has 0 atom stereocenters. The van der Waals surface area contributed by atoms with Gasteiger partial charge in [0.2, 0.25) is 0 Å². The van der Waals surface area contributed by atoms with Gasteiger partial charge in [-0.3, -0.25) is 15.1 Å². The maximum absolute atomic E-state index is 10.9. The van der Waals surface area contributed by atoms with Crippen molar-refractivity contribution in [2.75, 3.05) is 5.32 Å². The Bertz CT molecular complexity index is 1110. The highest BCUT2D eigenvalue weighted by atomic mass is 16.6. The van der Waals surface area contributed by atoms with Crippen molar-refractivity contribution >= 4 is 28.0 Å². The molecule has 0 spiro atoms. The summed E-state index contributed by atoms with van der Waals surface area (Å²) in [7, 11) is 0. The Balaban J connectivity index is 1.76. The molecule has 0 radical (unpaired) electrons. The van der Waals surface area contributed by atoms with E-state index in [1.807, 2.05) is 18.2 Å². The summed E-state index contributed by atoms with van der Waals surface area (Å²) >= 11 is 0. The lowest BCUT2D eigenvalue weighted by Crippen LogP contribution is -1.91. The maximum atomic E-state index is 10.9. The quantitative estimate of drug-likeness (QED) is 0.370. The van der Waals surface area contributed by atoms with Gasteiger partial charge in [-0.15, -0.1) is 0 Å². The lowest BCUT2D eigenvalue weighted by Gasteiger charge is -2.09. The van der Waals surface area contributed by atoms with Crippen LogP contribution in [0.2, 0.25) is 0 Å². The average Bonchev–Trinajstić information content (AvgIpc) is 3.05. The van der Waals surface area contributed by atoms with Crippen molar-refractivity contribution in [2.45, 2.75) is 0 Å². The molecule has 2 heterocycles. The summed E-state index contributed by atoms with van der Waals surface area (Å²) in [6.45, 7) is 0. The highest BCUT2D eigenvalue weighted by molar-refractivity contribution is 5.97. The van der Waals surface area contributed by atoms with Crippen LogP contribution in [0.1, 0.15) is 0 Å². The summed E-state index contributed by atoms with van der Waals surface area (Å²) in [6, 6.07) is 13.5. The number of phenolic OH excluding ortho intramolecular Hbond substituents is 1. The van der Waals surface area contributed by atoms with E-state index in [2.05, 4.69) is 15.3 Å². The van der Waals surface area contributed by atoms with Crippen molar-refractivity contribution in [2.24, 2.45) is 0 Å². The summed E-state index contributed by atoms with van der Waals surface area (Å²) in [5, 5.41) is 25.1. The lowest BCUT2D eigenvalue weighted by molar-refractivity contribution is -0.384. The third kappa shape index (κ3) is 2.93. The Morgan fingerprint density at radius 1 is 1.12 bits per heavy atom. The van der Waals surface area contributed by atoms with Crippen LogP contribution in [0.4, 0.5) is 17.1 Å². The summed E-state index contributed by atoms with van der Waals surface area (Å²) in [4.78, 5) is 17.6. The Morgan fingerprint density at radius 2 is 2.00 bits per heavy atom. The number of pyridine rings is 1. The van der Waals surface area contributed by atoms with Crippen molar-refractivity contribution in [1.29, 1.82) is 0 Å². The number of anilines is 2. The first-order valence-electron chi connectivity index (χ1n) is 7.87. The van der Waals surface area contributed by atoms with E-state index in [4.69, 9.17) is 0 Å². The van der Waals surface area contributed by atoms with Gasteiger partial charge >= 0.3 is 0 Å². The molecule has 0 saturated heterocycles. The zero-order valence-electron chi connectivity index (χ0n) is 13.5. The first kappa shape index (κ1) is 15.6. The predicted octanol–water partition coefficient (Wildman–Crippen LogP) is 4.59. The largest absolute Gasteiger partial charge is 0.508 e. The Hall–Kier alpha value is -3.87. The van der Waals surface area contributed by atoms with Gasteiger partial charge in [-0.1, -0.05) is 0 Å². The predicted molar refractivity (Wildman–Crippen MR) is 99.6 cm³/mol. The number of hydrogen-bond acceptors (Lipinski definition) is 5. The number of rotatable bonds is 4. The molecule has 0 aliphatic rings. The summed E-state index contributed by atoms with van der Waals surface area (Å²) in [5.41, 5.74) is 3.85. The third-order valence-corrected chi connectivity index (χ3v) is 4.06. The smallest absolute Gasteiger partial charge is 0.271 e. The molecule has 0 aliphatic carbocycles. The van der Waals surface area contributed by atoms with Crippen LogP contribution in [0, 0.1) is 10.1 Å². The van der Waals surface area contributed by atoms with Crippen molar-refractivity contribution < 1.29 is 10.0 Å². The molecule has 4 aromatic rings. The fraction of sp³-hybridized carbons (Fsp3) is 0. The number of aromatic amines is 1. The fourth-order valence-electron chi connectivity index (χ4n) is 2.91. The second-order valence-corrected chi connectivity index (χ2v) is 5.82. The van der Waals surface area contributed by atoms with Crippen LogP contribution < -0.4 is 5.32 Å².